The van der Waals surface area contributed by atoms with Gasteiger partial charge in [-0.1, -0.05) is 0 Å². The van der Waals surface area contributed by atoms with E-state index in [-0.39, 0.29) is 0 Å². The molecule has 1 heterocycles. The molecule has 70 valence electrons. The first-order valence-corrected chi connectivity index (χ1v) is 3.52. The van der Waals surface area contributed by atoms with Crippen LogP contribution in [-0.2, 0) is 9.53 Å². The number of hydrogen-bond donors (Lipinski definition) is 1. The molecule has 1 saturated heterocycles. The molecule has 1 aliphatic heterocycles. The molecule has 1 rings (SSSR count). The Bertz CT molecular complexity index is 174. The van der Waals surface area contributed by atoms with Crippen molar-refractivity contribution in [1.82, 2.24) is 5.32 Å². The van der Waals surface area contributed by atoms with Crippen molar-refractivity contribution in [3.8, 4) is 0 Å². The summed E-state index contributed by atoms with van der Waals surface area (Å²) in [5.74, 6) is -1.24. The van der Waals surface area contributed by atoms with Crippen LogP contribution >= 0.6 is 0 Å². The zero-order chi connectivity index (χ0) is 9.19. The molecule has 1 N–H and O–H groups in total. The second kappa shape index (κ2) is 3.30. The maximum atomic E-state index is 11.5. The first-order valence-electron chi connectivity index (χ1n) is 3.52. The van der Waals surface area contributed by atoms with E-state index in [1.54, 1.807) is 0 Å². The molecule has 0 aromatic rings. The van der Waals surface area contributed by atoms with Crippen molar-refractivity contribution in [1.29, 1.82) is 0 Å². The van der Waals surface area contributed by atoms with Crippen LogP contribution in [0.1, 0.15) is 12.8 Å². The number of rotatable bonds is 1. The van der Waals surface area contributed by atoms with Crippen molar-refractivity contribution < 1.29 is 22.7 Å². The summed E-state index contributed by atoms with van der Waals surface area (Å²) in [7, 11) is 0. The third-order valence-electron chi connectivity index (χ3n) is 1.56. The number of nitrogens with one attached hydrogen (secondary N) is 1. The van der Waals surface area contributed by atoms with Crippen LogP contribution < -0.4 is 5.32 Å². The Morgan fingerprint density at radius 3 is 2.58 bits per heavy atom. The molecule has 1 atom stereocenters. The predicted octanol–water partition coefficient (Wildman–Crippen LogP) is 0.801. The molecule has 0 aromatic carbocycles. The maximum Gasteiger partial charge on any atom is 0.575 e. The molecule has 0 bridgehead atoms. The minimum absolute atomic E-state index is 0.412. The molecule has 0 amide bonds. The molecule has 0 radical (unpaired) electrons. The van der Waals surface area contributed by atoms with Gasteiger partial charge in [-0.3, -0.25) is 4.79 Å². The van der Waals surface area contributed by atoms with Crippen molar-refractivity contribution in [2.24, 2.45) is 0 Å². The monoisotopic (exact) mass is 183 g/mol. The molecule has 0 spiro atoms. The second-order valence-corrected chi connectivity index (χ2v) is 2.52. The number of esters is 1. The smallest absolute Gasteiger partial charge is 0.372 e. The van der Waals surface area contributed by atoms with Crippen molar-refractivity contribution in [3.63, 3.8) is 0 Å². The van der Waals surface area contributed by atoms with Gasteiger partial charge >= 0.3 is 12.3 Å². The Labute approximate surface area is 66.9 Å². The molecular formula is C6H8F3NO2. The summed E-state index contributed by atoms with van der Waals surface area (Å²) in [6.07, 6.45) is -3.74. The predicted molar refractivity (Wildman–Crippen MR) is 33.2 cm³/mol. The van der Waals surface area contributed by atoms with E-state index in [2.05, 4.69) is 10.1 Å². The largest absolute Gasteiger partial charge is 0.575 e. The quantitative estimate of drug-likeness (QED) is 0.611. The second-order valence-electron chi connectivity index (χ2n) is 2.52. The Kier molecular flexibility index (Phi) is 2.56. The third-order valence-corrected chi connectivity index (χ3v) is 1.56. The highest BCUT2D eigenvalue weighted by molar-refractivity contribution is 5.76. The van der Waals surface area contributed by atoms with E-state index in [0.717, 1.165) is 0 Å². The highest BCUT2D eigenvalue weighted by Gasteiger charge is 2.37. The Hall–Kier alpha value is -0.780. The summed E-state index contributed by atoms with van der Waals surface area (Å²) < 4.78 is 37.7. The fourth-order valence-corrected chi connectivity index (χ4v) is 1.07. The van der Waals surface area contributed by atoms with E-state index in [1.807, 2.05) is 0 Å². The normalized spacial score (nSPS) is 24.1. The van der Waals surface area contributed by atoms with Gasteiger partial charge in [0.1, 0.15) is 6.04 Å². The van der Waals surface area contributed by atoms with Gasteiger partial charge in [0.05, 0.1) is 0 Å². The van der Waals surface area contributed by atoms with E-state index in [4.69, 9.17) is 0 Å². The van der Waals surface area contributed by atoms with Gasteiger partial charge in [0, 0.05) is 0 Å². The van der Waals surface area contributed by atoms with E-state index < -0.39 is 18.4 Å². The van der Waals surface area contributed by atoms with Crippen LogP contribution in [0.4, 0.5) is 13.2 Å². The molecule has 1 unspecified atom stereocenters. The van der Waals surface area contributed by atoms with Gasteiger partial charge in [-0.15, -0.1) is 13.2 Å². The number of alkyl halides is 3. The minimum Gasteiger partial charge on any atom is -0.372 e. The van der Waals surface area contributed by atoms with Crippen LogP contribution in [-0.4, -0.2) is 24.9 Å². The molecule has 1 fully saturated rings. The Morgan fingerprint density at radius 1 is 1.50 bits per heavy atom. The van der Waals surface area contributed by atoms with Crippen LogP contribution in [0, 0.1) is 0 Å². The lowest BCUT2D eigenvalue weighted by Gasteiger charge is -2.11. The lowest BCUT2D eigenvalue weighted by Crippen LogP contribution is -2.35. The molecule has 3 nitrogen and oxygen atoms in total. The van der Waals surface area contributed by atoms with Crippen molar-refractivity contribution in [3.05, 3.63) is 0 Å². The van der Waals surface area contributed by atoms with Gasteiger partial charge in [0.15, 0.2) is 0 Å². The standard InChI is InChI=1S/C6H8F3NO2/c7-6(8,9)12-5(11)4-2-1-3-10-4/h4,10H,1-3H2. The highest BCUT2D eigenvalue weighted by atomic mass is 19.4. The summed E-state index contributed by atoms with van der Waals surface area (Å²) in [6.45, 7) is 0.567. The van der Waals surface area contributed by atoms with Gasteiger partial charge in [-0.2, -0.15) is 0 Å². The molecule has 0 aliphatic carbocycles. The van der Waals surface area contributed by atoms with E-state index in [0.29, 0.717) is 19.4 Å². The van der Waals surface area contributed by atoms with Gasteiger partial charge in [0.25, 0.3) is 0 Å². The zero-order valence-electron chi connectivity index (χ0n) is 6.15. The number of carbonyl (C=O) groups excluding carboxylic acids is 1. The molecule has 0 aromatic heterocycles. The van der Waals surface area contributed by atoms with Gasteiger partial charge < -0.3 is 10.1 Å². The number of hydrogen-bond acceptors (Lipinski definition) is 3. The highest BCUT2D eigenvalue weighted by Crippen LogP contribution is 2.18. The van der Waals surface area contributed by atoms with Crippen LogP contribution in [0.25, 0.3) is 0 Å². The first-order chi connectivity index (χ1) is 5.49. The maximum absolute atomic E-state index is 11.5. The number of carbonyl (C=O) groups is 1. The zero-order valence-corrected chi connectivity index (χ0v) is 6.15. The topological polar surface area (TPSA) is 38.3 Å². The minimum atomic E-state index is -4.86. The number of halogens is 3. The molecule has 6 heteroatoms. The van der Waals surface area contributed by atoms with Crippen LogP contribution in [0.2, 0.25) is 0 Å². The fraction of sp³-hybridized carbons (Fsp3) is 0.833. The van der Waals surface area contributed by atoms with Gasteiger partial charge in [-0.05, 0) is 19.4 Å². The summed E-state index contributed by atoms with van der Waals surface area (Å²) in [6, 6.07) is -0.786. The average Bonchev–Trinajstić information content (AvgIpc) is 2.32. The summed E-state index contributed by atoms with van der Waals surface area (Å²) in [4.78, 5) is 10.7. The lowest BCUT2D eigenvalue weighted by atomic mass is 10.2. The molecule has 12 heavy (non-hydrogen) atoms. The van der Waals surface area contributed by atoms with E-state index >= 15 is 0 Å². The lowest BCUT2D eigenvalue weighted by molar-refractivity contribution is -0.306. The van der Waals surface area contributed by atoms with Crippen LogP contribution in [0.15, 0.2) is 0 Å². The number of ether oxygens (including phenoxy) is 1. The Balaban J connectivity index is 2.37. The molecule has 1 aliphatic rings. The van der Waals surface area contributed by atoms with Crippen molar-refractivity contribution >= 4 is 5.97 Å². The summed E-state index contributed by atoms with van der Waals surface area (Å²) >= 11 is 0. The summed E-state index contributed by atoms with van der Waals surface area (Å²) in [5.41, 5.74) is 0. The average molecular weight is 183 g/mol. The van der Waals surface area contributed by atoms with Crippen molar-refractivity contribution in [2.75, 3.05) is 6.54 Å². The van der Waals surface area contributed by atoms with Gasteiger partial charge in [0.2, 0.25) is 0 Å². The summed E-state index contributed by atoms with van der Waals surface area (Å²) in [5, 5.41) is 2.60. The van der Waals surface area contributed by atoms with E-state index in [9.17, 15) is 18.0 Å². The molecule has 0 saturated carbocycles. The third kappa shape index (κ3) is 2.69. The van der Waals surface area contributed by atoms with Crippen LogP contribution in [0.3, 0.4) is 0 Å². The van der Waals surface area contributed by atoms with Gasteiger partial charge in [-0.25, -0.2) is 0 Å². The van der Waals surface area contributed by atoms with Crippen molar-refractivity contribution in [2.45, 2.75) is 25.2 Å². The molecular weight excluding hydrogens is 175 g/mol. The first kappa shape index (κ1) is 9.31. The fourth-order valence-electron chi connectivity index (χ4n) is 1.07. The Morgan fingerprint density at radius 2 is 2.17 bits per heavy atom. The van der Waals surface area contributed by atoms with Crippen LogP contribution in [0.5, 0.6) is 0 Å². The SMILES string of the molecule is O=C(OC(F)(F)F)C1CCCN1. The van der Waals surface area contributed by atoms with E-state index in [1.165, 1.54) is 0 Å².